The molecular formula is C14H14N4OS. The molecule has 3 rings (SSSR count). The third-order valence-electron chi connectivity index (χ3n) is 3.00. The molecule has 0 aliphatic carbocycles. The molecule has 2 aromatic heterocycles. The van der Waals surface area contributed by atoms with E-state index in [1.54, 1.807) is 22.2 Å². The molecule has 1 aromatic carbocycles. The zero-order valence-corrected chi connectivity index (χ0v) is 11.8. The average Bonchev–Trinajstić information content (AvgIpc) is 3.09. The summed E-state index contributed by atoms with van der Waals surface area (Å²) >= 11 is 1.55. The highest BCUT2D eigenvalue weighted by molar-refractivity contribution is 7.13. The number of nitrogens with zero attached hydrogens (tertiary/aromatic N) is 4. The van der Waals surface area contributed by atoms with Crippen LogP contribution in [0, 0.1) is 0 Å². The van der Waals surface area contributed by atoms with Crippen LogP contribution in [0.4, 0.5) is 0 Å². The lowest BCUT2D eigenvalue weighted by molar-refractivity contribution is 0.282. The molecule has 0 unspecified atom stereocenters. The lowest BCUT2D eigenvalue weighted by Gasteiger charge is -1.99. The Kier molecular flexibility index (Phi) is 3.58. The largest absolute Gasteiger partial charge is 0.392 e. The van der Waals surface area contributed by atoms with Crippen molar-refractivity contribution in [2.24, 2.45) is 7.05 Å². The maximum absolute atomic E-state index is 9.03. The highest BCUT2D eigenvalue weighted by atomic mass is 32.1. The van der Waals surface area contributed by atoms with Crippen molar-refractivity contribution in [3.05, 3.63) is 52.8 Å². The molecule has 0 aliphatic heterocycles. The van der Waals surface area contributed by atoms with Crippen LogP contribution in [0.25, 0.3) is 10.8 Å². The molecule has 0 atom stereocenters. The van der Waals surface area contributed by atoms with Crippen LogP contribution in [-0.4, -0.2) is 24.9 Å². The monoisotopic (exact) mass is 286 g/mol. The number of aryl methyl sites for hydroxylation is 1. The molecule has 2 heterocycles. The molecule has 0 saturated carbocycles. The van der Waals surface area contributed by atoms with E-state index in [1.807, 2.05) is 36.7 Å². The van der Waals surface area contributed by atoms with Gasteiger partial charge in [0.25, 0.3) is 0 Å². The van der Waals surface area contributed by atoms with Crippen LogP contribution in [0.5, 0.6) is 0 Å². The first-order valence-corrected chi connectivity index (χ1v) is 7.12. The molecule has 0 amide bonds. The van der Waals surface area contributed by atoms with Crippen LogP contribution >= 0.6 is 11.3 Å². The molecule has 0 fully saturated rings. The standard InChI is InChI=1S/C14H14N4OS/c1-18-13(14-15-6-7-20-14)16-12(17-18)8-10-2-4-11(9-19)5-3-10/h2-7,19H,8-9H2,1H3. The van der Waals surface area contributed by atoms with Gasteiger partial charge in [0, 0.05) is 25.0 Å². The van der Waals surface area contributed by atoms with E-state index in [-0.39, 0.29) is 6.61 Å². The maximum Gasteiger partial charge on any atom is 0.187 e. The SMILES string of the molecule is Cn1nc(Cc2ccc(CO)cc2)nc1-c1nccs1. The Labute approximate surface area is 120 Å². The Morgan fingerprint density at radius 3 is 2.60 bits per heavy atom. The van der Waals surface area contributed by atoms with Crippen LogP contribution in [0.15, 0.2) is 35.8 Å². The summed E-state index contributed by atoms with van der Waals surface area (Å²) in [5.41, 5.74) is 2.03. The van der Waals surface area contributed by atoms with Gasteiger partial charge in [-0.1, -0.05) is 24.3 Å². The Hall–Kier alpha value is -2.05. The third-order valence-corrected chi connectivity index (χ3v) is 3.77. The lowest BCUT2D eigenvalue weighted by atomic mass is 10.1. The van der Waals surface area contributed by atoms with Gasteiger partial charge in [-0.2, -0.15) is 5.10 Å². The molecular weight excluding hydrogens is 272 g/mol. The number of aliphatic hydroxyl groups is 1. The van der Waals surface area contributed by atoms with Gasteiger partial charge in [0.2, 0.25) is 0 Å². The molecule has 0 bridgehead atoms. The van der Waals surface area contributed by atoms with Crippen LogP contribution in [0.2, 0.25) is 0 Å². The van der Waals surface area contributed by atoms with E-state index in [0.717, 1.165) is 27.8 Å². The Morgan fingerprint density at radius 2 is 1.95 bits per heavy atom. The minimum absolute atomic E-state index is 0.0658. The molecule has 102 valence electrons. The molecule has 0 spiro atoms. The quantitative estimate of drug-likeness (QED) is 0.797. The molecule has 0 aliphatic rings. The van der Waals surface area contributed by atoms with E-state index in [2.05, 4.69) is 15.1 Å². The zero-order chi connectivity index (χ0) is 13.9. The highest BCUT2D eigenvalue weighted by Gasteiger charge is 2.11. The average molecular weight is 286 g/mol. The van der Waals surface area contributed by atoms with Crippen molar-refractivity contribution >= 4 is 11.3 Å². The first-order valence-electron chi connectivity index (χ1n) is 6.24. The van der Waals surface area contributed by atoms with Gasteiger partial charge in [-0.15, -0.1) is 11.3 Å². The molecule has 0 radical (unpaired) electrons. The van der Waals surface area contributed by atoms with Crippen molar-refractivity contribution in [3.8, 4) is 10.8 Å². The fraction of sp³-hybridized carbons (Fsp3) is 0.214. The van der Waals surface area contributed by atoms with Crippen LogP contribution in [0.1, 0.15) is 17.0 Å². The van der Waals surface area contributed by atoms with Crippen molar-refractivity contribution < 1.29 is 5.11 Å². The van der Waals surface area contributed by atoms with E-state index in [4.69, 9.17) is 5.11 Å². The summed E-state index contributed by atoms with van der Waals surface area (Å²) in [6.45, 7) is 0.0658. The van der Waals surface area contributed by atoms with Gasteiger partial charge in [-0.05, 0) is 11.1 Å². The van der Waals surface area contributed by atoms with Gasteiger partial charge in [0.1, 0.15) is 0 Å². The van der Waals surface area contributed by atoms with Gasteiger partial charge >= 0.3 is 0 Å². The zero-order valence-electron chi connectivity index (χ0n) is 11.0. The Balaban J connectivity index is 1.82. The summed E-state index contributed by atoms with van der Waals surface area (Å²) in [5, 5.41) is 16.3. The van der Waals surface area contributed by atoms with Crippen LogP contribution in [0.3, 0.4) is 0 Å². The van der Waals surface area contributed by atoms with E-state index in [0.29, 0.717) is 6.42 Å². The van der Waals surface area contributed by atoms with Gasteiger partial charge in [-0.3, -0.25) is 0 Å². The molecule has 5 nitrogen and oxygen atoms in total. The summed E-state index contributed by atoms with van der Waals surface area (Å²) in [6.07, 6.45) is 2.44. The predicted octanol–water partition coefficient (Wildman–Crippen LogP) is 2.02. The predicted molar refractivity (Wildman–Crippen MR) is 77.3 cm³/mol. The van der Waals surface area contributed by atoms with Crippen molar-refractivity contribution in [3.63, 3.8) is 0 Å². The van der Waals surface area contributed by atoms with Crippen LogP contribution < -0.4 is 0 Å². The van der Waals surface area contributed by atoms with E-state index in [9.17, 15) is 0 Å². The number of aromatic nitrogens is 4. The molecule has 20 heavy (non-hydrogen) atoms. The number of rotatable bonds is 4. The topological polar surface area (TPSA) is 63.8 Å². The summed E-state index contributed by atoms with van der Waals surface area (Å²) in [7, 11) is 1.88. The van der Waals surface area contributed by atoms with Crippen molar-refractivity contribution in [1.82, 2.24) is 19.7 Å². The summed E-state index contributed by atoms with van der Waals surface area (Å²) < 4.78 is 1.76. The number of thiazole rings is 1. The first kappa shape index (κ1) is 13.0. The summed E-state index contributed by atoms with van der Waals surface area (Å²) in [5.74, 6) is 1.57. The summed E-state index contributed by atoms with van der Waals surface area (Å²) in [6, 6.07) is 7.82. The second-order valence-electron chi connectivity index (χ2n) is 4.46. The van der Waals surface area contributed by atoms with E-state index >= 15 is 0 Å². The molecule has 3 aromatic rings. The molecule has 1 N–H and O–H groups in total. The van der Waals surface area contributed by atoms with Crippen molar-refractivity contribution in [2.45, 2.75) is 13.0 Å². The van der Waals surface area contributed by atoms with E-state index in [1.165, 1.54) is 0 Å². The Bertz CT molecular complexity index is 689. The maximum atomic E-state index is 9.03. The van der Waals surface area contributed by atoms with Gasteiger partial charge in [0.15, 0.2) is 16.7 Å². The van der Waals surface area contributed by atoms with Gasteiger partial charge in [0.05, 0.1) is 6.61 Å². The smallest absolute Gasteiger partial charge is 0.187 e. The minimum atomic E-state index is 0.0658. The second-order valence-corrected chi connectivity index (χ2v) is 5.36. The van der Waals surface area contributed by atoms with Crippen molar-refractivity contribution in [2.75, 3.05) is 0 Å². The third kappa shape index (κ3) is 2.61. The first-order chi connectivity index (χ1) is 9.76. The summed E-state index contributed by atoms with van der Waals surface area (Å²) in [4.78, 5) is 8.80. The van der Waals surface area contributed by atoms with Crippen LogP contribution in [-0.2, 0) is 20.1 Å². The minimum Gasteiger partial charge on any atom is -0.392 e. The Morgan fingerprint density at radius 1 is 1.20 bits per heavy atom. The number of hydrogen-bond acceptors (Lipinski definition) is 5. The number of benzene rings is 1. The van der Waals surface area contributed by atoms with Gasteiger partial charge in [-0.25, -0.2) is 14.6 Å². The number of hydrogen-bond donors (Lipinski definition) is 1. The van der Waals surface area contributed by atoms with Gasteiger partial charge < -0.3 is 5.11 Å². The molecule has 0 saturated heterocycles. The number of aliphatic hydroxyl groups excluding tert-OH is 1. The fourth-order valence-corrected chi connectivity index (χ4v) is 2.63. The second kappa shape index (κ2) is 5.52. The highest BCUT2D eigenvalue weighted by Crippen LogP contribution is 2.19. The van der Waals surface area contributed by atoms with E-state index < -0.39 is 0 Å². The lowest BCUT2D eigenvalue weighted by Crippen LogP contribution is -1.95. The normalized spacial score (nSPS) is 10.9. The molecule has 6 heteroatoms. The fourth-order valence-electron chi connectivity index (χ4n) is 1.98. The van der Waals surface area contributed by atoms with Crippen molar-refractivity contribution in [1.29, 1.82) is 0 Å².